The molecule has 116 valence electrons. The maximum Gasteiger partial charge on any atom is 0.244 e. The van der Waals surface area contributed by atoms with Crippen LogP contribution in [0.3, 0.4) is 0 Å². The molecule has 5 nitrogen and oxygen atoms in total. The highest BCUT2D eigenvalue weighted by Gasteiger charge is 2.26. The molecule has 0 saturated heterocycles. The van der Waals surface area contributed by atoms with Crippen molar-refractivity contribution in [3.63, 3.8) is 0 Å². The van der Waals surface area contributed by atoms with Gasteiger partial charge in [-0.1, -0.05) is 19.9 Å². The second-order valence-electron chi connectivity index (χ2n) is 5.49. The van der Waals surface area contributed by atoms with E-state index in [4.69, 9.17) is 0 Å². The third-order valence-electron chi connectivity index (χ3n) is 3.36. The van der Waals surface area contributed by atoms with Gasteiger partial charge in [-0.3, -0.25) is 9.59 Å². The van der Waals surface area contributed by atoms with Gasteiger partial charge in [0.15, 0.2) is 0 Å². The number of rotatable bonds is 6. The van der Waals surface area contributed by atoms with Crippen LogP contribution in [0.4, 0.5) is 11.4 Å². The Morgan fingerprint density at radius 3 is 2.19 bits per heavy atom. The third-order valence-corrected chi connectivity index (χ3v) is 3.36. The lowest BCUT2D eigenvalue weighted by atomic mass is 10.0. The molecule has 0 heterocycles. The van der Waals surface area contributed by atoms with E-state index in [1.54, 1.807) is 6.92 Å². The topological polar surface area (TPSA) is 70.2 Å². The van der Waals surface area contributed by atoms with Crippen LogP contribution in [-0.4, -0.2) is 23.9 Å². The number of benzene rings is 1. The van der Waals surface area contributed by atoms with Crippen molar-refractivity contribution in [1.29, 1.82) is 0 Å². The van der Waals surface area contributed by atoms with Crippen LogP contribution in [0.15, 0.2) is 18.2 Å². The minimum absolute atomic E-state index is 0.0467. The highest BCUT2D eigenvalue weighted by atomic mass is 16.2. The average molecular weight is 291 g/mol. The lowest BCUT2D eigenvalue weighted by molar-refractivity contribution is -0.121. The van der Waals surface area contributed by atoms with Gasteiger partial charge in [0.1, 0.15) is 0 Å². The molecule has 0 saturated carbocycles. The summed E-state index contributed by atoms with van der Waals surface area (Å²) in [5, 5.41) is 8.88. The summed E-state index contributed by atoms with van der Waals surface area (Å²) in [4.78, 5) is 23.8. The molecule has 0 aromatic heterocycles. The van der Waals surface area contributed by atoms with Crippen LogP contribution < -0.4 is 16.0 Å². The van der Waals surface area contributed by atoms with Crippen LogP contribution in [0.1, 0.15) is 39.7 Å². The van der Waals surface area contributed by atoms with Crippen molar-refractivity contribution in [1.82, 2.24) is 5.32 Å². The van der Waals surface area contributed by atoms with Crippen molar-refractivity contribution >= 4 is 23.2 Å². The van der Waals surface area contributed by atoms with Crippen LogP contribution in [0.25, 0.3) is 0 Å². The first-order valence-electron chi connectivity index (χ1n) is 7.27. The number of hydrogen-bond acceptors (Lipinski definition) is 3. The lowest BCUT2D eigenvalue weighted by Crippen LogP contribution is -2.49. The highest BCUT2D eigenvalue weighted by Crippen LogP contribution is 2.24. The van der Waals surface area contributed by atoms with Crippen molar-refractivity contribution in [3.05, 3.63) is 23.8 Å². The summed E-state index contributed by atoms with van der Waals surface area (Å²) in [5.41, 5.74) is 1.63. The van der Waals surface area contributed by atoms with Crippen molar-refractivity contribution in [2.75, 3.05) is 17.2 Å². The molecule has 21 heavy (non-hydrogen) atoms. The molecule has 0 spiro atoms. The largest absolute Gasteiger partial charge is 0.326 e. The maximum absolute atomic E-state index is 12.3. The van der Waals surface area contributed by atoms with Gasteiger partial charge in [0.2, 0.25) is 11.8 Å². The van der Waals surface area contributed by atoms with Gasteiger partial charge in [-0.2, -0.15) is 0 Å². The van der Waals surface area contributed by atoms with Crippen LogP contribution >= 0.6 is 0 Å². The Hall–Kier alpha value is -1.88. The second kappa shape index (κ2) is 7.22. The van der Waals surface area contributed by atoms with Crippen molar-refractivity contribution < 1.29 is 9.59 Å². The van der Waals surface area contributed by atoms with Crippen molar-refractivity contribution in [2.45, 2.75) is 46.6 Å². The first kappa shape index (κ1) is 17.2. The lowest BCUT2D eigenvalue weighted by Gasteiger charge is -2.25. The van der Waals surface area contributed by atoms with Gasteiger partial charge in [-0.05, 0) is 45.0 Å². The number of anilines is 2. The SMILES string of the molecule is CCNC(C)(C)C(=O)Nc1cccc(NC(=O)CC)c1C. The Morgan fingerprint density at radius 1 is 1.10 bits per heavy atom. The van der Waals surface area contributed by atoms with E-state index < -0.39 is 5.54 Å². The molecular weight excluding hydrogens is 266 g/mol. The van der Waals surface area contributed by atoms with Gasteiger partial charge in [0.05, 0.1) is 5.54 Å². The molecule has 5 heteroatoms. The number of carbonyl (C=O) groups is 2. The summed E-state index contributed by atoms with van der Waals surface area (Å²) < 4.78 is 0. The Balaban J connectivity index is 2.92. The van der Waals surface area contributed by atoms with Gasteiger partial charge in [-0.25, -0.2) is 0 Å². The van der Waals surface area contributed by atoms with Crippen LogP contribution in [0.2, 0.25) is 0 Å². The normalized spacial score (nSPS) is 11.1. The standard InChI is InChI=1S/C16H25N3O2/c1-6-14(20)18-12-9-8-10-13(11(12)3)19-15(21)16(4,5)17-7-2/h8-10,17H,6-7H2,1-5H3,(H,18,20)(H,19,21). The summed E-state index contributed by atoms with van der Waals surface area (Å²) in [5.74, 6) is -0.152. The number of amides is 2. The van der Waals surface area contributed by atoms with Gasteiger partial charge in [0, 0.05) is 17.8 Å². The summed E-state index contributed by atoms with van der Waals surface area (Å²) >= 11 is 0. The molecule has 3 N–H and O–H groups in total. The minimum Gasteiger partial charge on any atom is -0.326 e. The maximum atomic E-state index is 12.3. The second-order valence-corrected chi connectivity index (χ2v) is 5.49. The number of hydrogen-bond donors (Lipinski definition) is 3. The fraction of sp³-hybridized carbons (Fsp3) is 0.500. The highest BCUT2D eigenvalue weighted by molar-refractivity contribution is 5.99. The average Bonchev–Trinajstić information content (AvgIpc) is 2.42. The van der Waals surface area contributed by atoms with E-state index in [0.29, 0.717) is 18.7 Å². The molecule has 0 aliphatic heterocycles. The van der Waals surface area contributed by atoms with Crippen LogP contribution in [0, 0.1) is 6.92 Å². The fourth-order valence-electron chi connectivity index (χ4n) is 1.95. The van der Waals surface area contributed by atoms with E-state index in [1.165, 1.54) is 0 Å². The Kier molecular flexibility index (Phi) is 5.90. The Morgan fingerprint density at radius 2 is 1.67 bits per heavy atom. The van der Waals surface area contributed by atoms with Crippen molar-refractivity contribution in [2.24, 2.45) is 0 Å². The first-order valence-corrected chi connectivity index (χ1v) is 7.27. The zero-order valence-corrected chi connectivity index (χ0v) is 13.5. The summed E-state index contributed by atoms with van der Waals surface area (Å²) in [6.07, 6.45) is 0.420. The zero-order valence-electron chi connectivity index (χ0n) is 13.5. The van der Waals surface area contributed by atoms with E-state index in [9.17, 15) is 9.59 Å². The summed E-state index contributed by atoms with van der Waals surface area (Å²) in [6.45, 7) is 10.0. The Bertz CT molecular complexity index is 524. The molecule has 0 unspecified atom stereocenters. The predicted octanol–water partition coefficient (Wildman–Crippen LogP) is 2.67. The van der Waals surface area contributed by atoms with Gasteiger partial charge >= 0.3 is 0 Å². The summed E-state index contributed by atoms with van der Waals surface area (Å²) in [6, 6.07) is 5.47. The number of likely N-dealkylation sites (N-methyl/N-ethyl adjacent to an activating group) is 1. The molecular formula is C16H25N3O2. The number of nitrogens with one attached hydrogen (secondary N) is 3. The molecule has 0 aliphatic rings. The van der Waals surface area contributed by atoms with E-state index in [2.05, 4.69) is 16.0 Å². The van der Waals surface area contributed by atoms with Crippen LogP contribution in [-0.2, 0) is 9.59 Å². The van der Waals surface area contributed by atoms with E-state index in [-0.39, 0.29) is 11.8 Å². The van der Waals surface area contributed by atoms with Gasteiger partial charge in [-0.15, -0.1) is 0 Å². The molecule has 1 rings (SSSR count). The molecule has 0 fully saturated rings. The molecule has 1 aromatic rings. The van der Waals surface area contributed by atoms with Crippen molar-refractivity contribution in [3.8, 4) is 0 Å². The molecule has 2 amide bonds. The molecule has 0 radical (unpaired) electrons. The summed E-state index contributed by atoms with van der Waals surface area (Å²) in [7, 11) is 0. The minimum atomic E-state index is -0.649. The predicted molar refractivity (Wildman–Crippen MR) is 86.5 cm³/mol. The van der Waals surface area contributed by atoms with E-state index >= 15 is 0 Å². The van der Waals surface area contributed by atoms with Crippen LogP contribution in [0.5, 0.6) is 0 Å². The quantitative estimate of drug-likeness (QED) is 0.754. The molecule has 0 bridgehead atoms. The molecule has 0 aliphatic carbocycles. The molecule has 0 atom stereocenters. The van der Waals surface area contributed by atoms with E-state index in [1.807, 2.05) is 45.9 Å². The Labute approximate surface area is 126 Å². The zero-order chi connectivity index (χ0) is 16.0. The monoisotopic (exact) mass is 291 g/mol. The first-order chi connectivity index (χ1) is 9.81. The smallest absolute Gasteiger partial charge is 0.244 e. The van der Waals surface area contributed by atoms with Gasteiger partial charge in [0.25, 0.3) is 0 Å². The van der Waals surface area contributed by atoms with Gasteiger partial charge < -0.3 is 16.0 Å². The number of carbonyl (C=O) groups excluding carboxylic acids is 2. The molecule has 1 aromatic carbocycles. The van der Waals surface area contributed by atoms with E-state index in [0.717, 1.165) is 11.3 Å². The fourth-order valence-corrected chi connectivity index (χ4v) is 1.95. The third kappa shape index (κ3) is 4.56.